The van der Waals surface area contributed by atoms with Gasteiger partial charge in [-0.1, -0.05) is 61.0 Å². The van der Waals surface area contributed by atoms with E-state index in [2.05, 4.69) is 54.6 Å². The molecular formula is C19H23N. The van der Waals surface area contributed by atoms with Crippen molar-refractivity contribution < 1.29 is 0 Å². The molecule has 1 nitrogen and oxygen atoms in total. The summed E-state index contributed by atoms with van der Waals surface area (Å²) in [6.07, 6.45) is 5.17. The van der Waals surface area contributed by atoms with E-state index in [1.165, 1.54) is 36.0 Å². The molecule has 2 aromatic rings. The molecule has 0 heterocycles. The highest BCUT2D eigenvalue weighted by Crippen LogP contribution is 2.36. The van der Waals surface area contributed by atoms with Crippen LogP contribution in [0.1, 0.15) is 47.8 Å². The number of benzene rings is 2. The minimum atomic E-state index is 0.422. The molecule has 104 valence electrons. The van der Waals surface area contributed by atoms with Gasteiger partial charge in [-0.3, -0.25) is 0 Å². The molecule has 1 unspecified atom stereocenters. The van der Waals surface area contributed by atoms with Crippen molar-refractivity contribution in [2.24, 2.45) is 5.73 Å². The van der Waals surface area contributed by atoms with Crippen molar-refractivity contribution in [3.63, 3.8) is 0 Å². The third kappa shape index (κ3) is 2.94. The minimum absolute atomic E-state index is 0.422. The van der Waals surface area contributed by atoms with E-state index in [1.54, 1.807) is 0 Å². The summed E-state index contributed by atoms with van der Waals surface area (Å²) >= 11 is 0. The van der Waals surface area contributed by atoms with Gasteiger partial charge in [-0.2, -0.15) is 0 Å². The standard InChI is InChI=1S/C19H23N/c20-14-19(17-5-2-1-3-6-17)13-15-9-11-18(12-10-15)16-7-4-8-16/h1-3,5-6,9-12,16,19H,4,7-8,13-14,20H2. The summed E-state index contributed by atoms with van der Waals surface area (Å²) in [6.45, 7) is 0.703. The molecule has 0 aliphatic heterocycles. The van der Waals surface area contributed by atoms with Crippen molar-refractivity contribution in [2.45, 2.75) is 37.5 Å². The van der Waals surface area contributed by atoms with Crippen LogP contribution in [-0.4, -0.2) is 6.54 Å². The van der Waals surface area contributed by atoms with Gasteiger partial charge in [-0.25, -0.2) is 0 Å². The van der Waals surface area contributed by atoms with E-state index in [0.717, 1.165) is 12.3 Å². The van der Waals surface area contributed by atoms with E-state index in [4.69, 9.17) is 5.73 Å². The van der Waals surface area contributed by atoms with Crippen LogP contribution in [-0.2, 0) is 6.42 Å². The summed E-state index contributed by atoms with van der Waals surface area (Å²) < 4.78 is 0. The van der Waals surface area contributed by atoms with Crippen LogP contribution < -0.4 is 5.73 Å². The average molecular weight is 265 g/mol. The van der Waals surface area contributed by atoms with Crippen LogP contribution in [0.2, 0.25) is 0 Å². The molecule has 1 aliphatic rings. The molecule has 2 aromatic carbocycles. The number of hydrogen-bond donors (Lipinski definition) is 1. The second-order valence-electron chi connectivity index (χ2n) is 5.92. The summed E-state index contributed by atoms with van der Waals surface area (Å²) in [6, 6.07) is 19.8. The van der Waals surface area contributed by atoms with Crippen molar-refractivity contribution >= 4 is 0 Å². The third-order valence-corrected chi connectivity index (χ3v) is 4.59. The Labute approximate surface area is 121 Å². The zero-order chi connectivity index (χ0) is 13.8. The van der Waals surface area contributed by atoms with Crippen molar-refractivity contribution in [3.05, 3.63) is 71.3 Å². The fourth-order valence-corrected chi connectivity index (χ4v) is 3.01. The number of nitrogens with two attached hydrogens (primary N) is 1. The Bertz CT molecular complexity index is 525. The Morgan fingerprint density at radius 3 is 2.20 bits per heavy atom. The van der Waals surface area contributed by atoms with Gasteiger partial charge in [-0.05, 0) is 48.4 Å². The first-order chi connectivity index (χ1) is 9.86. The maximum absolute atomic E-state index is 5.96. The van der Waals surface area contributed by atoms with E-state index in [-0.39, 0.29) is 0 Å². The van der Waals surface area contributed by atoms with Gasteiger partial charge in [0.1, 0.15) is 0 Å². The summed E-state index contributed by atoms with van der Waals surface area (Å²) in [5.41, 5.74) is 10.2. The summed E-state index contributed by atoms with van der Waals surface area (Å²) in [4.78, 5) is 0. The maximum Gasteiger partial charge on any atom is 0.000157 e. The minimum Gasteiger partial charge on any atom is -0.330 e. The second-order valence-corrected chi connectivity index (χ2v) is 5.92. The van der Waals surface area contributed by atoms with E-state index >= 15 is 0 Å². The highest BCUT2D eigenvalue weighted by Gasteiger charge is 2.19. The van der Waals surface area contributed by atoms with E-state index in [9.17, 15) is 0 Å². The normalized spacial score (nSPS) is 16.6. The summed E-state index contributed by atoms with van der Waals surface area (Å²) in [5, 5.41) is 0. The highest BCUT2D eigenvalue weighted by molar-refractivity contribution is 5.29. The fraction of sp³-hybridized carbons (Fsp3) is 0.368. The Balaban J connectivity index is 1.69. The molecule has 0 amide bonds. The molecule has 1 atom stereocenters. The van der Waals surface area contributed by atoms with Gasteiger partial charge >= 0.3 is 0 Å². The van der Waals surface area contributed by atoms with Crippen LogP contribution in [0.25, 0.3) is 0 Å². The molecule has 0 radical (unpaired) electrons. The van der Waals surface area contributed by atoms with Gasteiger partial charge in [0.05, 0.1) is 0 Å². The van der Waals surface area contributed by atoms with Crippen LogP contribution in [0.15, 0.2) is 54.6 Å². The second kappa shape index (κ2) is 6.23. The molecule has 1 saturated carbocycles. The van der Waals surface area contributed by atoms with Gasteiger partial charge in [0.2, 0.25) is 0 Å². The largest absolute Gasteiger partial charge is 0.330 e. The Kier molecular flexibility index (Phi) is 4.17. The summed E-state index contributed by atoms with van der Waals surface area (Å²) in [7, 11) is 0. The lowest BCUT2D eigenvalue weighted by Gasteiger charge is -2.26. The van der Waals surface area contributed by atoms with E-state index in [1.807, 2.05) is 0 Å². The lowest BCUT2D eigenvalue weighted by atomic mass is 9.79. The van der Waals surface area contributed by atoms with Gasteiger partial charge in [-0.15, -0.1) is 0 Å². The predicted molar refractivity (Wildman–Crippen MR) is 85.0 cm³/mol. The quantitative estimate of drug-likeness (QED) is 0.859. The van der Waals surface area contributed by atoms with E-state index < -0.39 is 0 Å². The molecule has 1 fully saturated rings. The molecule has 0 bridgehead atoms. The molecule has 1 aliphatic carbocycles. The molecule has 20 heavy (non-hydrogen) atoms. The van der Waals surface area contributed by atoms with Crippen LogP contribution in [0.5, 0.6) is 0 Å². The van der Waals surface area contributed by atoms with E-state index in [0.29, 0.717) is 12.5 Å². The molecule has 1 heteroatoms. The Morgan fingerprint density at radius 1 is 0.950 bits per heavy atom. The van der Waals surface area contributed by atoms with Crippen LogP contribution in [0.3, 0.4) is 0 Å². The fourth-order valence-electron chi connectivity index (χ4n) is 3.01. The van der Waals surface area contributed by atoms with Crippen LogP contribution in [0.4, 0.5) is 0 Å². The molecule has 2 N–H and O–H groups in total. The van der Waals surface area contributed by atoms with Crippen LogP contribution in [0, 0.1) is 0 Å². The summed E-state index contributed by atoms with van der Waals surface area (Å²) in [5.74, 6) is 1.24. The SMILES string of the molecule is NCC(Cc1ccc(C2CCC2)cc1)c1ccccc1. The third-order valence-electron chi connectivity index (χ3n) is 4.59. The van der Waals surface area contributed by atoms with Crippen molar-refractivity contribution in [1.82, 2.24) is 0 Å². The molecule has 3 rings (SSSR count). The van der Waals surface area contributed by atoms with Crippen molar-refractivity contribution in [1.29, 1.82) is 0 Å². The van der Waals surface area contributed by atoms with Gasteiger partial charge < -0.3 is 5.73 Å². The lowest BCUT2D eigenvalue weighted by Crippen LogP contribution is -2.15. The molecular weight excluding hydrogens is 242 g/mol. The van der Waals surface area contributed by atoms with Gasteiger partial charge in [0.25, 0.3) is 0 Å². The van der Waals surface area contributed by atoms with Gasteiger partial charge in [0, 0.05) is 5.92 Å². The number of hydrogen-bond acceptors (Lipinski definition) is 1. The van der Waals surface area contributed by atoms with Crippen molar-refractivity contribution in [2.75, 3.05) is 6.54 Å². The zero-order valence-corrected chi connectivity index (χ0v) is 12.0. The highest BCUT2D eigenvalue weighted by atomic mass is 14.5. The predicted octanol–water partition coefficient (Wildman–Crippen LogP) is 4.24. The molecule has 0 spiro atoms. The number of rotatable bonds is 5. The maximum atomic E-state index is 5.96. The Morgan fingerprint density at radius 2 is 1.65 bits per heavy atom. The van der Waals surface area contributed by atoms with Gasteiger partial charge in [0.15, 0.2) is 0 Å². The smallest absolute Gasteiger partial charge is 0.000157 e. The zero-order valence-electron chi connectivity index (χ0n) is 12.0. The van der Waals surface area contributed by atoms with Crippen molar-refractivity contribution in [3.8, 4) is 0 Å². The lowest BCUT2D eigenvalue weighted by molar-refractivity contribution is 0.419. The molecule has 0 aromatic heterocycles. The average Bonchev–Trinajstić information content (AvgIpc) is 2.45. The monoisotopic (exact) mass is 265 g/mol. The first-order valence-corrected chi connectivity index (χ1v) is 7.70. The Hall–Kier alpha value is -1.60. The van der Waals surface area contributed by atoms with Crippen LogP contribution >= 0.6 is 0 Å². The first-order valence-electron chi connectivity index (χ1n) is 7.70. The first kappa shape index (κ1) is 13.4. The molecule has 0 saturated heterocycles. The topological polar surface area (TPSA) is 26.0 Å².